The van der Waals surface area contributed by atoms with E-state index in [1.807, 2.05) is 0 Å². The zero-order valence-corrected chi connectivity index (χ0v) is 12.4. The van der Waals surface area contributed by atoms with E-state index in [0.29, 0.717) is 6.54 Å². The van der Waals surface area contributed by atoms with Gasteiger partial charge in [0.1, 0.15) is 0 Å². The highest BCUT2D eigenvalue weighted by Gasteiger charge is 2.27. The topological polar surface area (TPSA) is 49.4 Å². The third kappa shape index (κ3) is 3.91. The van der Waals surface area contributed by atoms with Crippen LogP contribution in [-0.2, 0) is 10.5 Å². The Labute approximate surface area is 121 Å². The zero-order valence-electron chi connectivity index (χ0n) is 10.7. The van der Waals surface area contributed by atoms with Gasteiger partial charge in [-0.25, -0.2) is 4.79 Å². The fourth-order valence-corrected chi connectivity index (χ4v) is 3.04. The van der Waals surface area contributed by atoms with Crippen LogP contribution < -0.4 is 5.32 Å². The average Bonchev–Trinajstić information content (AvgIpc) is 2.75. The lowest BCUT2D eigenvalue weighted by Crippen LogP contribution is -2.32. The first-order chi connectivity index (χ1) is 9.20. The molecule has 3 amide bonds. The van der Waals surface area contributed by atoms with E-state index in [1.165, 1.54) is 15.4 Å². The Morgan fingerprint density at radius 1 is 1.26 bits per heavy atom. The number of nitrogens with zero attached hydrogens (tertiary/aromatic N) is 1. The smallest absolute Gasteiger partial charge is 0.324 e. The summed E-state index contributed by atoms with van der Waals surface area (Å²) in [5.41, 5.74) is 1.26. The maximum atomic E-state index is 11.4. The first-order valence-electron chi connectivity index (χ1n) is 5.99. The summed E-state index contributed by atoms with van der Waals surface area (Å²) in [4.78, 5) is 25.2. The molecule has 19 heavy (non-hydrogen) atoms. The average molecular weight is 296 g/mol. The standard InChI is InChI=1S/C13H16N2O2S2/c1-18-11-4-2-10(3-5-11)9-19-7-6-15-12(16)8-14-13(15)17/h2-5H,6-9H2,1H3,(H,14,17). The molecule has 1 heterocycles. The number of benzene rings is 1. The molecular weight excluding hydrogens is 280 g/mol. The first kappa shape index (κ1) is 14.3. The number of urea groups is 1. The van der Waals surface area contributed by atoms with Gasteiger partial charge < -0.3 is 5.32 Å². The second-order valence-electron chi connectivity index (χ2n) is 4.10. The van der Waals surface area contributed by atoms with Crippen molar-refractivity contribution in [2.24, 2.45) is 0 Å². The van der Waals surface area contributed by atoms with Crippen LogP contribution in [0.5, 0.6) is 0 Å². The number of carbonyl (C=O) groups is 2. The quantitative estimate of drug-likeness (QED) is 0.497. The SMILES string of the molecule is CSc1ccc(CSCCN2C(=O)CNC2=O)cc1. The van der Waals surface area contributed by atoms with Crippen molar-refractivity contribution in [1.29, 1.82) is 0 Å². The van der Waals surface area contributed by atoms with Crippen molar-refractivity contribution in [2.45, 2.75) is 10.6 Å². The molecule has 102 valence electrons. The van der Waals surface area contributed by atoms with E-state index >= 15 is 0 Å². The normalized spacial score (nSPS) is 14.9. The highest BCUT2D eigenvalue weighted by Crippen LogP contribution is 2.18. The van der Waals surface area contributed by atoms with Gasteiger partial charge in [0.05, 0.1) is 6.54 Å². The summed E-state index contributed by atoms with van der Waals surface area (Å²) in [6, 6.07) is 8.18. The molecule has 6 heteroatoms. The van der Waals surface area contributed by atoms with Crippen molar-refractivity contribution in [3.8, 4) is 0 Å². The lowest BCUT2D eigenvalue weighted by Gasteiger charge is -2.11. The molecule has 2 rings (SSSR count). The van der Waals surface area contributed by atoms with E-state index in [-0.39, 0.29) is 18.5 Å². The zero-order chi connectivity index (χ0) is 13.7. The number of carbonyl (C=O) groups excluding carboxylic acids is 2. The van der Waals surface area contributed by atoms with Crippen LogP contribution in [0.2, 0.25) is 0 Å². The minimum atomic E-state index is -0.269. The van der Waals surface area contributed by atoms with Crippen LogP contribution in [-0.4, -0.2) is 41.9 Å². The van der Waals surface area contributed by atoms with Crippen LogP contribution in [0.4, 0.5) is 4.79 Å². The lowest BCUT2D eigenvalue weighted by atomic mass is 10.2. The maximum absolute atomic E-state index is 11.4. The van der Waals surface area contributed by atoms with Gasteiger partial charge in [-0.05, 0) is 24.0 Å². The largest absolute Gasteiger partial charge is 0.329 e. The molecule has 0 unspecified atom stereocenters. The number of imide groups is 1. The Kier molecular flexibility index (Phi) is 5.15. The summed E-state index contributed by atoms with van der Waals surface area (Å²) in [7, 11) is 0. The second-order valence-corrected chi connectivity index (χ2v) is 6.09. The molecule has 1 aliphatic rings. The Balaban J connectivity index is 1.71. The monoisotopic (exact) mass is 296 g/mol. The maximum Gasteiger partial charge on any atom is 0.324 e. The number of rotatable bonds is 6. The fraction of sp³-hybridized carbons (Fsp3) is 0.385. The third-order valence-corrected chi connectivity index (χ3v) is 4.58. The summed E-state index contributed by atoms with van der Waals surface area (Å²) >= 11 is 3.46. The first-order valence-corrected chi connectivity index (χ1v) is 8.37. The predicted molar refractivity (Wildman–Crippen MR) is 79.5 cm³/mol. The molecule has 1 aliphatic heterocycles. The van der Waals surface area contributed by atoms with Gasteiger partial charge in [0, 0.05) is 22.9 Å². The van der Waals surface area contributed by atoms with Gasteiger partial charge in [-0.3, -0.25) is 9.69 Å². The van der Waals surface area contributed by atoms with Gasteiger partial charge in [0.15, 0.2) is 0 Å². The summed E-state index contributed by atoms with van der Waals surface area (Å²) in [6.07, 6.45) is 2.06. The fourth-order valence-electron chi connectivity index (χ4n) is 1.75. The van der Waals surface area contributed by atoms with Crippen molar-refractivity contribution in [3.63, 3.8) is 0 Å². The summed E-state index contributed by atoms with van der Waals surface area (Å²) in [6.45, 7) is 0.623. The molecule has 0 atom stereocenters. The molecule has 1 aromatic carbocycles. The van der Waals surface area contributed by atoms with Crippen LogP contribution in [0.1, 0.15) is 5.56 Å². The Hall–Kier alpha value is -1.14. The predicted octanol–water partition coefficient (Wildman–Crippen LogP) is 2.19. The van der Waals surface area contributed by atoms with E-state index in [4.69, 9.17) is 0 Å². The van der Waals surface area contributed by atoms with Gasteiger partial charge in [0.2, 0.25) is 5.91 Å². The van der Waals surface area contributed by atoms with E-state index in [0.717, 1.165) is 11.5 Å². The van der Waals surface area contributed by atoms with E-state index in [9.17, 15) is 9.59 Å². The molecule has 0 spiro atoms. The highest BCUT2D eigenvalue weighted by molar-refractivity contribution is 7.98. The minimum absolute atomic E-state index is 0.130. The lowest BCUT2D eigenvalue weighted by molar-refractivity contribution is -0.124. The third-order valence-electron chi connectivity index (χ3n) is 2.82. The summed E-state index contributed by atoms with van der Waals surface area (Å²) in [5.74, 6) is 1.54. The summed E-state index contributed by atoms with van der Waals surface area (Å²) in [5, 5.41) is 2.52. The highest BCUT2D eigenvalue weighted by atomic mass is 32.2. The molecule has 4 nitrogen and oxygen atoms in total. The van der Waals surface area contributed by atoms with Gasteiger partial charge in [-0.2, -0.15) is 11.8 Å². The van der Waals surface area contributed by atoms with Gasteiger partial charge in [-0.1, -0.05) is 12.1 Å². The number of hydrogen-bond acceptors (Lipinski definition) is 4. The second kappa shape index (κ2) is 6.86. The minimum Gasteiger partial charge on any atom is -0.329 e. The van der Waals surface area contributed by atoms with Crippen LogP contribution >= 0.6 is 23.5 Å². The molecule has 0 aliphatic carbocycles. The Morgan fingerprint density at radius 3 is 2.58 bits per heavy atom. The summed E-state index contributed by atoms with van der Waals surface area (Å²) < 4.78 is 0. The number of thioether (sulfide) groups is 2. The van der Waals surface area contributed by atoms with Crippen molar-refractivity contribution in [3.05, 3.63) is 29.8 Å². The number of nitrogens with one attached hydrogen (secondary N) is 1. The van der Waals surface area contributed by atoms with Crippen molar-refractivity contribution < 1.29 is 9.59 Å². The van der Waals surface area contributed by atoms with Gasteiger partial charge in [-0.15, -0.1) is 11.8 Å². The molecule has 0 radical (unpaired) electrons. The molecule has 1 saturated heterocycles. The van der Waals surface area contributed by atoms with Crippen LogP contribution in [0, 0.1) is 0 Å². The number of hydrogen-bond donors (Lipinski definition) is 1. The Bertz CT molecular complexity index is 446. The molecule has 1 N–H and O–H groups in total. The van der Waals surface area contributed by atoms with Crippen LogP contribution in [0.15, 0.2) is 29.2 Å². The van der Waals surface area contributed by atoms with Crippen molar-refractivity contribution in [2.75, 3.05) is 25.1 Å². The van der Waals surface area contributed by atoms with Crippen molar-refractivity contribution >= 4 is 35.5 Å². The molecule has 0 saturated carbocycles. The molecule has 1 aromatic rings. The number of amides is 3. The van der Waals surface area contributed by atoms with E-state index in [1.54, 1.807) is 23.5 Å². The van der Waals surface area contributed by atoms with E-state index < -0.39 is 0 Å². The van der Waals surface area contributed by atoms with E-state index in [2.05, 4.69) is 35.8 Å². The molecule has 1 fully saturated rings. The molecule has 0 aromatic heterocycles. The van der Waals surface area contributed by atoms with Crippen LogP contribution in [0.3, 0.4) is 0 Å². The van der Waals surface area contributed by atoms with Gasteiger partial charge >= 0.3 is 6.03 Å². The molecule has 0 bridgehead atoms. The van der Waals surface area contributed by atoms with Crippen LogP contribution in [0.25, 0.3) is 0 Å². The van der Waals surface area contributed by atoms with Gasteiger partial charge in [0.25, 0.3) is 0 Å². The Morgan fingerprint density at radius 2 is 2.00 bits per heavy atom. The molecular formula is C13H16N2O2S2. The van der Waals surface area contributed by atoms with Crippen molar-refractivity contribution in [1.82, 2.24) is 10.2 Å².